The van der Waals surface area contributed by atoms with Crippen LogP contribution in [0.4, 0.5) is 5.69 Å². The number of aryl methyl sites for hydroxylation is 1. The predicted octanol–water partition coefficient (Wildman–Crippen LogP) is 0.132. The summed E-state index contributed by atoms with van der Waals surface area (Å²) in [7, 11) is 0. The van der Waals surface area contributed by atoms with Crippen LogP contribution in [0.25, 0.3) is 0 Å². The summed E-state index contributed by atoms with van der Waals surface area (Å²) in [5, 5.41) is 5.10. The second-order valence-corrected chi connectivity index (χ2v) is 5.43. The summed E-state index contributed by atoms with van der Waals surface area (Å²) < 4.78 is 0. The molecular formula is C15H22N4O3. The number of nitrogens with two attached hydrogens (primary N) is 2. The van der Waals surface area contributed by atoms with Crippen molar-refractivity contribution in [2.24, 2.45) is 17.4 Å². The van der Waals surface area contributed by atoms with Crippen molar-refractivity contribution in [3.63, 3.8) is 0 Å². The van der Waals surface area contributed by atoms with Gasteiger partial charge in [0.05, 0.1) is 12.6 Å². The highest BCUT2D eigenvalue weighted by atomic mass is 16.2. The zero-order valence-corrected chi connectivity index (χ0v) is 13.0. The number of amides is 3. The number of nitrogens with one attached hydrogen (secondary N) is 2. The summed E-state index contributed by atoms with van der Waals surface area (Å²) in [6, 6.07) is 4.10. The van der Waals surface area contributed by atoms with Gasteiger partial charge in [0.2, 0.25) is 17.7 Å². The van der Waals surface area contributed by atoms with Gasteiger partial charge in [-0.3, -0.25) is 14.4 Å². The first-order valence-electron chi connectivity index (χ1n) is 6.96. The molecule has 0 aliphatic carbocycles. The molecule has 1 aromatic rings. The Morgan fingerprint density at radius 2 is 1.86 bits per heavy atom. The Morgan fingerprint density at radius 1 is 1.23 bits per heavy atom. The molecule has 120 valence electrons. The summed E-state index contributed by atoms with van der Waals surface area (Å²) in [4.78, 5) is 34.7. The summed E-state index contributed by atoms with van der Waals surface area (Å²) in [5.74, 6) is -1.38. The van der Waals surface area contributed by atoms with Crippen LogP contribution in [0.5, 0.6) is 0 Å². The zero-order chi connectivity index (χ0) is 16.9. The number of carbonyl (C=O) groups excluding carboxylic acids is 3. The molecule has 7 heteroatoms. The molecule has 0 unspecified atom stereocenters. The maximum absolute atomic E-state index is 11.9. The van der Waals surface area contributed by atoms with Crippen molar-refractivity contribution in [1.29, 1.82) is 0 Å². The first-order valence-corrected chi connectivity index (χ1v) is 6.96. The van der Waals surface area contributed by atoms with Gasteiger partial charge < -0.3 is 22.1 Å². The predicted molar refractivity (Wildman–Crippen MR) is 84.1 cm³/mol. The average Bonchev–Trinajstić information content (AvgIpc) is 2.45. The molecule has 3 amide bonds. The van der Waals surface area contributed by atoms with Crippen LogP contribution in [-0.2, 0) is 9.59 Å². The lowest BCUT2D eigenvalue weighted by atomic mass is 10.1. The number of rotatable bonds is 6. The lowest BCUT2D eigenvalue weighted by molar-refractivity contribution is -0.125. The minimum Gasteiger partial charge on any atom is -0.366 e. The lowest BCUT2D eigenvalue weighted by Crippen LogP contribution is -2.46. The summed E-state index contributed by atoms with van der Waals surface area (Å²) in [6.45, 7) is 5.24. The van der Waals surface area contributed by atoms with Crippen LogP contribution in [0, 0.1) is 12.8 Å². The number of anilines is 1. The fourth-order valence-electron chi connectivity index (χ4n) is 1.69. The van der Waals surface area contributed by atoms with E-state index in [1.54, 1.807) is 19.1 Å². The molecule has 22 heavy (non-hydrogen) atoms. The number of hydrogen-bond acceptors (Lipinski definition) is 4. The van der Waals surface area contributed by atoms with Crippen molar-refractivity contribution in [2.75, 3.05) is 11.9 Å². The van der Waals surface area contributed by atoms with E-state index >= 15 is 0 Å². The molecule has 6 N–H and O–H groups in total. The maximum atomic E-state index is 11.9. The highest BCUT2D eigenvalue weighted by Gasteiger charge is 2.17. The molecule has 1 aromatic carbocycles. The molecule has 1 rings (SSSR count). The normalized spacial score (nSPS) is 11.9. The first kappa shape index (κ1) is 17.6. The molecule has 0 aliphatic heterocycles. The summed E-state index contributed by atoms with van der Waals surface area (Å²) >= 11 is 0. The SMILES string of the molecule is Cc1ccc(C(N)=O)cc1NC(=O)CNC(=O)[C@@H](N)C(C)C. The maximum Gasteiger partial charge on any atom is 0.248 e. The van der Waals surface area contributed by atoms with Gasteiger partial charge in [-0.05, 0) is 30.5 Å². The molecule has 0 aliphatic rings. The van der Waals surface area contributed by atoms with E-state index in [1.807, 2.05) is 13.8 Å². The number of hydrogen-bond donors (Lipinski definition) is 4. The van der Waals surface area contributed by atoms with E-state index in [1.165, 1.54) is 6.07 Å². The van der Waals surface area contributed by atoms with E-state index in [4.69, 9.17) is 11.5 Å². The Hall–Kier alpha value is -2.41. The molecule has 0 bridgehead atoms. The van der Waals surface area contributed by atoms with E-state index < -0.39 is 17.9 Å². The molecule has 0 heterocycles. The van der Waals surface area contributed by atoms with E-state index in [2.05, 4.69) is 10.6 Å². The number of primary amides is 1. The summed E-state index contributed by atoms with van der Waals surface area (Å²) in [6.07, 6.45) is 0. The van der Waals surface area contributed by atoms with Gasteiger partial charge in [0.1, 0.15) is 0 Å². The van der Waals surface area contributed by atoms with Gasteiger partial charge in [0, 0.05) is 11.3 Å². The first-order chi connectivity index (χ1) is 10.2. The Morgan fingerprint density at radius 3 is 2.41 bits per heavy atom. The molecule has 0 saturated heterocycles. The molecular weight excluding hydrogens is 284 g/mol. The Balaban J connectivity index is 2.64. The molecule has 0 saturated carbocycles. The van der Waals surface area contributed by atoms with E-state index in [-0.39, 0.29) is 18.4 Å². The Labute approximate surface area is 129 Å². The highest BCUT2D eigenvalue weighted by Crippen LogP contribution is 2.16. The smallest absolute Gasteiger partial charge is 0.248 e. The van der Waals surface area contributed by atoms with E-state index in [9.17, 15) is 14.4 Å². The van der Waals surface area contributed by atoms with Crippen LogP contribution in [0.15, 0.2) is 18.2 Å². The standard InChI is InChI=1S/C15H22N4O3/c1-8(2)13(16)15(22)18-7-12(20)19-11-6-10(14(17)21)5-4-9(11)3/h4-6,8,13H,7,16H2,1-3H3,(H2,17,21)(H,18,22)(H,19,20)/t13-/m0/s1. The fourth-order valence-corrected chi connectivity index (χ4v) is 1.69. The second-order valence-electron chi connectivity index (χ2n) is 5.43. The van der Waals surface area contributed by atoms with Crippen LogP contribution in [0.3, 0.4) is 0 Å². The molecule has 0 aromatic heterocycles. The lowest BCUT2D eigenvalue weighted by Gasteiger charge is -2.15. The van der Waals surface area contributed by atoms with Gasteiger partial charge in [-0.2, -0.15) is 0 Å². The van der Waals surface area contributed by atoms with Gasteiger partial charge >= 0.3 is 0 Å². The minimum absolute atomic E-state index is 0.0162. The zero-order valence-electron chi connectivity index (χ0n) is 13.0. The van der Waals surface area contributed by atoms with Crippen molar-refractivity contribution >= 4 is 23.4 Å². The molecule has 0 fully saturated rings. The Bertz CT molecular complexity index is 584. The topological polar surface area (TPSA) is 127 Å². The second kappa shape index (κ2) is 7.56. The van der Waals surface area contributed by atoms with Crippen molar-refractivity contribution in [1.82, 2.24) is 5.32 Å². The van der Waals surface area contributed by atoms with Crippen LogP contribution >= 0.6 is 0 Å². The van der Waals surface area contributed by atoms with Crippen molar-refractivity contribution in [3.05, 3.63) is 29.3 Å². The highest BCUT2D eigenvalue weighted by molar-refractivity contribution is 5.98. The van der Waals surface area contributed by atoms with Crippen molar-refractivity contribution in [3.8, 4) is 0 Å². The van der Waals surface area contributed by atoms with Crippen LogP contribution in [-0.4, -0.2) is 30.3 Å². The van der Waals surface area contributed by atoms with Crippen LogP contribution in [0.1, 0.15) is 29.8 Å². The van der Waals surface area contributed by atoms with Crippen LogP contribution < -0.4 is 22.1 Å². The van der Waals surface area contributed by atoms with Crippen molar-refractivity contribution < 1.29 is 14.4 Å². The van der Waals surface area contributed by atoms with Gasteiger partial charge in [-0.15, -0.1) is 0 Å². The summed E-state index contributed by atoms with van der Waals surface area (Å²) in [5.41, 5.74) is 12.4. The van der Waals surface area contributed by atoms with Crippen molar-refractivity contribution in [2.45, 2.75) is 26.8 Å². The van der Waals surface area contributed by atoms with Crippen LogP contribution in [0.2, 0.25) is 0 Å². The number of benzene rings is 1. The average molecular weight is 306 g/mol. The van der Waals surface area contributed by atoms with Gasteiger partial charge in [-0.1, -0.05) is 19.9 Å². The third kappa shape index (κ3) is 4.85. The third-order valence-electron chi connectivity index (χ3n) is 3.24. The van der Waals surface area contributed by atoms with Gasteiger partial charge in [0.15, 0.2) is 0 Å². The third-order valence-corrected chi connectivity index (χ3v) is 3.24. The minimum atomic E-state index is -0.660. The Kier molecular flexibility index (Phi) is 6.06. The van der Waals surface area contributed by atoms with Gasteiger partial charge in [0.25, 0.3) is 0 Å². The monoisotopic (exact) mass is 306 g/mol. The molecule has 0 radical (unpaired) electrons. The largest absolute Gasteiger partial charge is 0.366 e. The fraction of sp³-hybridized carbons (Fsp3) is 0.400. The van der Waals surface area contributed by atoms with E-state index in [0.29, 0.717) is 11.3 Å². The van der Waals surface area contributed by atoms with E-state index in [0.717, 1.165) is 5.56 Å². The molecule has 0 spiro atoms. The molecule has 7 nitrogen and oxygen atoms in total. The van der Waals surface area contributed by atoms with Gasteiger partial charge in [-0.25, -0.2) is 0 Å². The number of carbonyl (C=O) groups is 3. The molecule has 1 atom stereocenters. The quantitative estimate of drug-likeness (QED) is 0.595.